The minimum Gasteiger partial charge on any atom is -0.368 e. The molecular formula is C17H17FN2O. The summed E-state index contributed by atoms with van der Waals surface area (Å²) in [6.45, 7) is 0.514. The number of carbonyl (C=O) groups excluding carboxylic acids is 1. The van der Waals surface area contributed by atoms with Gasteiger partial charge in [0.2, 0.25) is 5.91 Å². The van der Waals surface area contributed by atoms with Crippen molar-refractivity contribution in [3.63, 3.8) is 0 Å². The number of primary amides is 1. The van der Waals surface area contributed by atoms with E-state index < -0.39 is 11.4 Å². The van der Waals surface area contributed by atoms with Crippen LogP contribution in [0.15, 0.2) is 48.5 Å². The normalized spacial score (nSPS) is 20.2. The number of hydrogen-bond acceptors (Lipinski definition) is 2. The summed E-state index contributed by atoms with van der Waals surface area (Å²) in [5, 5.41) is 3.25. The summed E-state index contributed by atoms with van der Waals surface area (Å²) in [6, 6.07) is 14.6. The third-order valence-electron chi connectivity index (χ3n) is 4.19. The number of halogens is 1. The van der Waals surface area contributed by atoms with Gasteiger partial charge in [-0.15, -0.1) is 0 Å². The van der Waals surface area contributed by atoms with Crippen LogP contribution < -0.4 is 11.1 Å². The topological polar surface area (TPSA) is 55.1 Å². The highest BCUT2D eigenvalue weighted by Gasteiger charge is 2.44. The van der Waals surface area contributed by atoms with Crippen molar-refractivity contribution in [2.45, 2.75) is 24.9 Å². The molecule has 3 nitrogen and oxygen atoms in total. The number of rotatable bonds is 4. The van der Waals surface area contributed by atoms with Gasteiger partial charge in [0.15, 0.2) is 0 Å². The molecule has 1 amide bonds. The maximum absolute atomic E-state index is 13.9. The van der Waals surface area contributed by atoms with Gasteiger partial charge in [0.1, 0.15) is 11.4 Å². The van der Waals surface area contributed by atoms with Gasteiger partial charge in [-0.2, -0.15) is 0 Å². The van der Waals surface area contributed by atoms with E-state index >= 15 is 0 Å². The summed E-state index contributed by atoms with van der Waals surface area (Å²) < 4.78 is 13.9. The molecule has 0 aromatic heterocycles. The summed E-state index contributed by atoms with van der Waals surface area (Å²) in [6.07, 6.45) is 1.01. The SMILES string of the molecule is NC(=O)C1(NCc2ccccc2)CCc2c(F)cccc21. The van der Waals surface area contributed by atoms with E-state index in [4.69, 9.17) is 5.73 Å². The minimum atomic E-state index is -0.979. The first-order valence-electron chi connectivity index (χ1n) is 7.00. The molecule has 1 unspecified atom stereocenters. The molecule has 21 heavy (non-hydrogen) atoms. The quantitative estimate of drug-likeness (QED) is 0.904. The summed E-state index contributed by atoms with van der Waals surface area (Å²) in [5.74, 6) is -0.722. The van der Waals surface area contributed by atoms with Crippen molar-refractivity contribution >= 4 is 5.91 Å². The zero-order valence-electron chi connectivity index (χ0n) is 11.6. The van der Waals surface area contributed by atoms with Crippen molar-refractivity contribution in [1.29, 1.82) is 0 Å². The average molecular weight is 284 g/mol. The lowest BCUT2D eigenvalue weighted by atomic mass is 9.90. The Hall–Kier alpha value is -2.20. The van der Waals surface area contributed by atoms with Crippen LogP contribution in [0.3, 0.4) is 0 Å². The van der Waals surface area contributed by atoms with Crippen LogP contribution in [0.4, 0.5) is 4.39 Å². The Morgan fingerprint density at radius 1 is 1.19 bits per heavy atom. The standard InChI is InChI=1S/C17H17FN2O/c18-15-8-4-7-14-13(15)9-10-17(14,16(19)21)20-11-12-5-2-1-3-6-12/h1-8,20H,9-11H2,(H2,19,21). The minimum absolute atomic E-state index is 0.267. The van der Waals surface area contributed by atoms with Gasteiger partial charge in [0.25, 0.3) is 0 Å². The first-order valence-corrected chi connectivity index (χ1v) is 7.00. The molecule has 2 aromatic carbocycles. The van der Waals surface area contributed by atoms with Crippen molar-refractivity contribution in [1.82, 2.24) is 5.32 Å². The van der Waals surface area contributed by atoms with Crippen LogP contribution in [0.2, 0.25) is 0 Å². The molecule has 0 saturated carbocycles. The number of amides is 1. The maximum Gasteiger partial charge on any atom is 0.242 e. The van der Waals surface area contributed by atoms with E-state index in [1.54, 1.807) is 12.1 Å². The Kier molecular flexibility index (Phi) is 3.47. The number of nitrogens with two attached hydrogens (primary N) is 1. The fourth-order valence-electron chi connectivity index (χ4n) is 3.04. The summed E-state index contributed by atoms with van der Waals surface area (Å²) >= 11 is 0. The van der Waals surface area contributed by atoms with Crippen molar-refractivity contribution in [3.05, 3.63) is 71.0 Å². The fraction of sp³-hybridized carbons (Fsp3) is 0.235. The number of benzene rings is 2. The Morgan fingerprint density at radius 3 is 2.67 bits per heavy atom. The lowest BCUT2D eigenvalue weighted by Crippen LogP contribution is -2.50. The second-order valence-electron chi connectivity index (χ2n) is 5.37. The second-order valence-corrected chi connectivity index (χ2v) is 5.37. The van der Waals surface area contributed by atoms with Crippen LogP contribution >= 0.6 is 0 Å². The van der Waals surface area contributed by atoms with Crippen LogP contribution in [0, 0.1) is 5.82 Å². The molecule has 3 rings (SSSR count). The molecule has 2 aromatic rings. The Balaban J connectivity index is 1.93. The zero-order valence-corrected chi connectivity index (χ0v) is 11.6. The smallest absolute Gasteiger partial charge is 0.242 e. The van der Waals surface area contributed by atoms with E-state index in [1.807, 2.05) is 30.3 Å². The molecular weight excluding hydrogens is 267 g/mol. The van der Waals surface area contributed by atoms with E-state index in [1.165, 1.54) is 6.07 Å². The van der Waals surface area contributed by atoms with Gasteiger partial charge in [-0.3, -0.25) is 10.1 Å². The van der Waals surface area contributed by atoms with E-state index in [9.17, 15) is 9.18 Å². The number of fused-ring (bicyclic) bond motifs is 1. The first-order chi connectivity index (χ1) is 10.1. The van der Waals surface area contributed by atoms with Gasteiger partial charge in [-0.1, -0.05) is 42.5 Å². The summed E-state index contributed by atoms with van der Waals surface area (Å²) in [7, 11) is 0. The van der Waals surface area contributed by atoms with E-state index in [2.05, 4.69) is 5.32 Å². The second kappa shape index (κ2) is 5.30. The van der Waals surface area contributed by atoms with Crippen molar-refractivity contribution in [3.8, 4) is 0 Å². The third kappa shape index (κ3) is 2.32. The van der Waals surface area contributed by atoms with Crippen molar-refractivity contribution in [2.75, 3.05) is 0 Å². The van der Waals surface area contributed by atoms with Crippen LogP contribution in [-0.4, -0.2) is 5.91 Å². The molecule has 0 spiro atoms. The van der Waals surface area contributed by atoms with Crippen molar-refractivity contribution in [2.24, 2.45) is 5.73 Å². The zero-order chi connectivity index (χ0) is 14.9. The molecule has 0 radical (unpaired) electrons. The molecule has 4 heteroatoms. The highest BCUT2D eigenvalue weighted by Crippen LogP contribution is 2.38. The van der Waals surface area contributed by atoms with Gasteiger partial charge in [-0.05, 0) is 35.6 Å². The molecule has 1 aliphatic rings. The third-order valence-corrected chi connectivity index (χ3v) is 4.19. The molecule has 1 aliphatic carbocycles. The van der Waals surface area contributed by atoms with E-state index in [0.29, 0.717) is 30.5 Å². The molecule has 108 valence electrons. The van der Waals surface area contributed by atoms with Crippen LogP contribution in [0.1, 0.15) is 23.1 Å². The fourth-order valence-corrected chi connectivity index (χ4v) is 3.04. The molecule has 1 atom stereocenters. The van der Waals surface area contributed by atoms with Crippen LogP contribution in [0.5, 0.6) is 0 Å². The first kappa shape index (κ1) is 13.8. The highest BCUT2D eigenvalue weighted by atomic mass is 19.1. The Labute approximate surface area is 123 Å². The number of hydrogen-bond donors (Lipinski definition) is 2. The van der Waals surface area contributed by atoms with E-state index in [0.717, 1.165) is 5.56 Å². The monoisotopic (exact) mass is 284 g/mol. The van der Waals surface area contributed by atoms with Gasteiger partial charge >= 0.3 is 0 Å². The number of carbonyl (C=O) groups is 1. The molecule has 0 fully saturated rings. The van der Waals surface area contributed by atoms with Gasteiger partial charge in [0, 0.05) is 6.54 Å². The predicted octanol–water partition coefficient (Wildman–Crippen LogP) is 2.24. The lowest BCUT2D eigenvalue weighted by Gasteiger charge is -2.28. The molecule has 0 heterocycles. The maximum atomic E-state index is 13.9. The van der Waals surface area contributed by atoms with Gasteiger partial charge in [-0.25, -0.2) is 4.39 Å². The molecule has 3 N–H and O–H groups in total. The van der Waals surface area contributed by atoms with Gasteiger partial charge in [0.05, 0.1) is 0 Å². The Bertz CT molecular complexity index is 672. The lowest BCUT2D eigenvalue weighted by molar-refractivity contribution is -0.124. The van der Waals surface area contributed by atoms with E-state index in [-0.39, 0.29) is 5.82 Å². The molecule has 0 saturated heterocycles. The van der Waals surface area contributed by atoms with Crippen molar-refractivity contribution < 1.29 is 9.18 Å². The van der Waals surface area contributed by atoms with Crippen LogP contribution in [-0.2, 0) is 23.3 Å². The molecule has 0 aliphatic heterocycles. The van der Waals surface area contributed by atoms with Crippen LogP contribution in [0.25, 0.3) is 0 Å². The largest absolute Gasteiger partial charge is 0.368 e. The average Bonchev–Trinajstić information content (AvgIpc) is 2.88. The predicted molar refractivity (Wildman–Crippen MR) is 78.9 cm³/mol. The Morgan fingerprint density at radius 2 is 1.95 bits per heavy atom. The highest BCUT2D eigenvalue weighted by molar-refractivity contribution is 5.87. The molecule has 0 bridgehead atoms. The number of nitrogens with one attached hydrogen (secondary N) is 1. The summed E-state index contributed by atoms with van der Waals surface area (Å²) in [5.41, 5.74) is 6.98. The van der Waals surface area contributed by atoms with Gasteiger partial charge < -0.3 is 5.73 Å². The summed E-state index contributed by atoms with van der Waals surface area (Å²) in [4.78, 5) is 12.1.